The van der Waals surface area contributed by atoms with Gasteiger partial charge in [0.05, 0.1) is 0 Å². The fourth-order valence-corrected chi connectivity index (χ4v) is 3.24. The molecule has 1 aromatic rings. The highest BCUT2D eigenvalue weighted by Gasteiger charge is 2.59. The second kappa shape index (κ2) is 7.65. The Morgan fingerprint density at radius 3 is 2.16 bits per heavy atom. The molecule has 0 amide bonds. The second-order valence-corrected chi connectivity index (χ2v) is 6.17. The zero-order chi connectivity index (χ0) is 18.6. The van der Waals surface area contributed by atoms with Crippen LogP contribution < -0.4 is 4.90 Å². The normalized spacial score (nSPS) is 16.4. The number of ketones is 1. The Morgan fingerprint density at radius 1 is 1.12 bits per heavy atom. The van der Waals surface area contributed by atoms with Crippen molar-refractivity contribution in [2.45, 2.75) is 32.2 Å². The third-order valence-electron chi connectivity index (χ3n) is 4.82. The highest BCUT2D eigenvalue weighted by Crippen LogP contribution is 2.52. The number of Topliss-reactive ketones (excluding diaryl/α,β-unsaturated/α-hetero) is 1. The molecule has 1 fully saturated rings. The molecule has 1 heterocycles. The van der Waals surface area contributed by atoms with E-state index in [1.807, 2.05) is 18.2 Å². The van der Waals surface area contributed by atoms with E-state index < -0.39 is 11.9 Å². The van der Waals surface area contributed by atoms with E-state index in [9.17, 15) is 4.79 Å². The number of aliphatic carboxylic acids is 2. The summed E-state index contributed by atoms with van der Waals surface area (Å²) in [6, 6.07) is 8.09. The standard InChI is InChI=1S/C16H22N2O.C2H2O4/c1-3-17(4-2)11-12-18-14-8-6-5-7-13(14)15(19)16(18)9-10-16;3-1(4)2(5)6/h5-8H,3-4,9-12H2,1-2H3;(H,3,4)(H,5,6). The van der Waals surface area contributed by atoms with Crippen LogP contribution in [-0.4, -0.2) is 64.6 Å². The number of carboxylic acid groups (broad SMARTS) is 2. The number of para-hydroxylation sites is 1. The van der Waals surface area contributed by atoms with Crippen LogP contribution in [0.2, 0.25) is 0 Å². The first kappa shape index (κ1) is 18.9. The fourth-order valence-electron chi connectivity index (χ4n) is 3.24. The lowest BCUT2D eigenvalue weighted by Gasteiger charge is -2.29. The van der Waals surface area contributed by atoms with E-state index in [-0.39, 0.29) is 5.54 Å². The summed E-state index contributed by atoms with van der Waals surface area (Å²) >= 11 is 0. The van der Waals surface area contributed by atoms with Crippen molar-refractivity contribution in [3.8, 4) is 0 Å². The molecule has 1 aromatic carbocycles. The van der Waals surface area contributed by atoms with Crippen molar-refractivity contribution in [3.63, 3.8) is 0 Å². The van der Waals surface area contributed by atoms with Crippen LogP contribution in [0.15, 0.2) is 24.3 Å². The van der Waals surface area contributed by atoms with E-state index >= 15 is 0 Å². The molecule has 1 aliphatic heterocycles. The minimum Gasteiger partial charge on any atom is -0.473 e. The molecule has 0 unspecified atom stereocenters. The van der Waals surface area contributed by atoms with Crippen molar-refractivity contribution in [2.24, 2.45) is 0 Å². The molecule has 1 spiro atoms. The van der Waals surface area contributed by atoms with Gasteiger partial charge in [-0.1, -0.05) is 26.0 Å². The molecule has 1 aliphatic carbocycles. The SMILES string of the molecule is CCN(CC)CCN1c2ccccc2C(=O)C12CC2.O=C(O)C(=O)O. The number of carboxylic acids is 2. The Labute approximate surface area is 146 Å². The molecule has 0 atom stereocenters. The number of carbonyl (C=O) groups excluding carboxylic acids is 1. The van der Waals surface area contributed by atoms with Gasteiger partial charge in [0.25, 0.3) is 0 Å². The summed E-state index contributed by atoms with van der Waals surface area (Å²) in [7, 11) is 0. The Morgan fingerprint density at radius 2 is 1.68 bits per heavy atom. The summed E-state index contributed by atoms with van der Waals surface area (Å²) in [5, 5.41) is 14.8. The summed E-state index contributed by atoms with van der Waals surface area (Å²) in [5.74, 6) is -3.30. The third kappa shape index (κ3) is 3.82. The lowest BCUT2D eigenvalue weighted by Crippen LogP contribution is -2.42. The predicted molar refractivity (Wildman–Crippen MR) is 93.1 cm³/mol. The van der Waals surface area contributed by atoms with Gasteiger partial charge in [0.1, 0.15) is 5.54 Å². The number of benzene rings is 1. The molecular weight excluding hydrogens is 324 g/mol. The van der Waals surface area contributed by atoms with Gasteiger partial charge >= 0.3 is 11.9 Å². The van der Waals surface area contributed by atoms with Gasteiger partial charge < -0.3 is 20.0 Å². The van der Waals surface area contributed by atoms with Gasteiger partial charge in [0.2, 0.25) is 0 Å². The zero-order valence-electron chi connectivity index (χ0n) is 14.6. The summed E-state index contributed by atoms with van der Waals surface area (Å²) in [6.07, 6.45) is 2.05. The summed E-state index contributed by atoms with van der Waals surface area (Å²) in [6.45, 7) is 8.54. The van der Waals surface area contributed by atoms with Crippen molar-refractivity contribution < 1.29 is 24.6 Å². The van der Waals surface area contributed by atoms with E-state index in [2.05, 4.69) is 29.7 Å². The van der Waals surface area contributed by atoms with E-state index in [0.29, 0.717) is 5.78 Å². The summed E-state index contributed by atoms with van der Waals surface area (Å²) < 4.78 is 0. The van der Waals surface area contributed by atoms with Gasteiger partial charge in [-0.3, -0.25) is 4.79 Å². The maximum absolute atomic E-state index is 12.5. The smallest absolute Gasteiger partial charge is 0.414 e. The molecule has 0 aromatic heterocycles. The molecule has 0 bridgehead atoms. The lowest BCUT2D eigenvalue weighted by atomic mass is 10.1. The molecule has 3 rings (SSSR count). The van der Waals surface area contributed by atoms with Crippen LogP contribution in [0.4, 0.5) is 5.69 Å². The molecule has 2 aliphatic rings. The summed E-state index contributed by atoms with van der Waals surface area (Å²) in [5.41, 5.74) is 1.91. The lowest BCUT2D eigenvalue weighted by molar-refractivity contribution is -0.159. The maximum Gasteiger partial charge on any atom is 0.414 e. The molecule has 136 valence electrons. The van der Waals surface area contributed by atoms with E-state index in [4.69, 9.17) is 19.8 Å². The Kier molecular flexibility index (Phi) is 5.79. The van der Waals surface area contributed by atoms with E-state index in [0.717, 1.165) is 50.3 Å². The number of fused-ring (bicyclic) bond motifs is 1. The fraction of sp³-hybridized carbons (Fsp3) is 0.500. The van der Waals surface area contributed by atoms with Crippen LogP contribution in [-0.2, 0) is 9.59 Å². The monoisotopic (exact) mass is 348 g/mol. The summed E-state index contributed by atoms with van der Waals surface area (Å²) in [4.78, 5) is 35.5. The first-order valence-electron chi connectivity index (χ1n) is 8.47. The minimum absolute atomic E-state index is 0.170. The largest absolute Gasteiger partial charge is 0.473 e. The highest BCUT2D eigenvalue weighted by atomic mass is 16.4. The molecular formula is C18H24N2O5. The topological polar surface area (TPSA) is 98.2 Å². The van der Waals surface area contributed by atoms with Gasteiger partial charge in [0.15, 0.2) is 5.78 Å². The number of rotatable bonds is 5. The van der Waals surface area contributed by atoms with Crippen molar-refractivity contribution in [1.29, 1.82) is 0 Å². The average Bonchev–Trinajstić information content (AvgIpc) is 3.36. The number of hydrogen-bond donors (Lipinski definition) is 2. The molecule has 7 nitrogen and oxygen atoms in total. The number of likely N-dealkylation sites (N-methyl/N-ethyl adjacent to an activating group) is 1. The van der Waals surface area contributed by atoms with Crippen LogP contribution in [0.5, 0.6) is 0 Å². The molecule has 0 saturated heterocycles. The first-order valence-corrected chi connectivity index (χ1v) is 8.47. The van der Waals surface area contributed by atoms with Gasteiger partial charge in [-0.25, -0.2) is 9.59 Å². The number of carbonyl (C=O) groups is 3. The van der Waals surface area contributed by atoms with Crippen LogP contribution in [0.3, 0.4) is 0 Å². The quantitative estimate of drug-likeness (QED) is 0.782. The second-order valence-electron chi connectivity index (χ2n) is 6.17. The predicted octanol–water partition coefficient (Wildman–Crippen LogP) is 1.72. The average molecular weight is 348 g/mol. The van der Waals surface area contributed by atoms with Crippen LogP contribution in [0, 0.1) is 0 Å². The van der Waals surface area contributed by atoms with Crippen LogP contribution >= 0.6 is 0 Å². The zero-order valence-corrected chi connectivity index (χ0v) is 14.6. The van der Waals surface area contributed by atoms with Gasteiger partial charge in [-0.15, -0.1) is 0 Å². The molecule has 0 radical (unpaired) electrons. The van der Waals surface area contributed by atoms with Crippen molar-refractivity contribution in [1.82, 2.24) is 4.90 Å². The van der Waals surface area contributed by atoms with Gasteiger partial charge in [-0.2, -0.15) is 0 Å². The molecule has 7 heteroatoms. The highest BCUT2D eigenvalue weighted by molar-refractivity contribution is 6.27. The number of hydrogen-bond acceptors (Lipinski definition) is 5. The Hall–Kier alpha value is -2.41. The molecule has 2 N–H and O–H groups in total. The number of nitrogens with zero attached hydrogens (tertiary/aromatic N) is 2. The Bertz CT molecular complexity index is 653. The molecule has 1 saturated carbocycles. The van der Waals surface area contributed by atoms with Crippen molar-refractivity contribution in [2.75, 3.05) is 31.1 Å². The van der Waals surface area contributed by atoms with Crippen molar-refractivity contribution in [3.05, 3.63) is 29.8 Å². The van der Waals surface area contributed by atoms with Crippen LogP contribution in [0.25, 0.3) is 0 Å². The third-order valence-corrected chi connectivity index (χ3v) is 4.82. The number of anilines is 1. The minimum atomic E-state index is -1.82. The van der Waals surface area contributed by atoms with E-state index in [1.54, 1.807) is 0 Å². The molecule has 25 heavy (non-hydrogen) atoms. The van der Waals surface area contributed by atoms with Gasteiger partial charge in [-0.05, 0) is 38.1 Å². The maximum atomic E-state index is 12.5. The first-order chi connectivity index (χ1) is 11.9. The van der Waals surface area contributed by atoms with Crippen LogP contribution in [0.1, 0.15) is 37.0 Å². The van der Waals surface area contributed by atoms with Crippen molar-refractivity contribution >= 4 is 23.4 Å². The van der Waals surface area contributed by atoms with E-state index in [1.165, 1.54) is 0 Å². The van der Waals surface area contributed by atoms with Gasteiger partial charge in [0, 0.05) is 24.3 Å². The Balaban J connectivity index is 0.000000326.